The fourth-order valence-electron chi connectivity index (χ4n) is 1.56. The Labute approximate surface area is 103 Å². The molecule has 16 heavy (non-hydrogen) atoms. The minimum Gasteiger partial charge on any atom is -0.271 e. The molecule has 0 fully saturated rings. The Morgan fingerprint density at radius 1 is 1.44 bits per heavy atom. The molecule has 0 spiro atoms. The molecule has 0 aliphatic carbocycles. The van der Waals surface area contributed by atoms with Crippen LogP contribution in [0.3, 0.4) is 0 Å². The third kappa shape index (κ3) is 2.59. The number of halogens is 1. The van der Waals surface area contributed by atoms with Crippen LogP contribution in [0, 0.1) is 0 Å². The number of hydrazine groups is 1. The summed E-state index contributed by atoms with van der Waals surface area (Å²) in [6, 6.07) is 7.74. The summed E-state index contributed by atoms with van der Waals surface area (Å²) in [7, 11) is 0. The number of nitrogens with zero attached hydrogens (tertiary/aromatic N) is 1. The van der Waals surface area contributed by atoms with Crippen LogP contribution in [-0.2, 0) is 6.42 Å². The minimum absolute atomic E-state index is 0.0224. The molecule has 2 rings (SSSR count). The number of hydrogen-bond donors (Lipinski definition) is 2. The second kappa shape index (κ2) is 5.41. The van der Waals surface area contributed by atoms with Crippen molar-refractivity contribution in [3.63, 3.8) is 0 Å². The summed E-state index contributed by atoms with van der Waals surface area (Å²) in [6.07, 6.45) is 2.65. The Morgan fingerprint density at radius 2 is 2.25 bits per heavy atom. The number of thiazole rings is 1. The fourth-order valence-corrected chi connectivity index (χ4v) is 2.47. The third-order valence-electron chi connectivity index (χ3n) is 2.37. The molecule has 5 heteroatoms. The maximum absolute atomic E-state index is 6.13. The number of nitrogens with one attached hydrogen (secondary N) is 1. The molecule has 0 bridgehead atoms. The summed E-state index contributed by atoms with van der Waals surface area (Å²) < 4.78 is 0. The van der Waals surface area contributed by atoms with Crippen LogP contribution in [0.25, 0.3) is 0 Å². The fraction of sp³-hybridized carbons (Fsp3) is 0.182. The lowest BCUT2D eigenvalue weighted by atomic mass is 10.0. The zero-order valence-corrected chi connectivity index (χ0v) is 10.1. The van der Waals surface area contributed by atoms with Crippen molar-refractivity contribution in [3.05, 3.63) is 51.4 Å². The van der Waals surface area contributed by atoms with E-state index in [0.29, 0.717) is 0 Å². The standard InChI is InChI=1S/C11H12ClN3S/c12-10-4-2-1-3-9(10)11(15-13)5-8-6-14-7-16-8/h1-4,6-7,11,15H,5,13H2. The SMILES string of the molecule is NNC(Cc1cncs1)c1ccccc1Cl. The Bertz CT molecular complexity index is 444. The van der Waals surface area contributed by atoms with Gasteiger partial charge in [-0.05, 0) is 11.6 Å². The van der Waals surface area contributed by atoms with Crippen LogP contribution >= 0.6 is 22.9 Å². The minimum atomic E-state index is 0.0224. The first kappa shape index (κ1) is 11.5. The van der Waals surface area contributed by atoms with Crippen molar-refractivity contribution in [2.24, 2.45) is 5.84 Å². The molecule has 1 heterocycles. The van der Waals surface area contributed by atoms with Crippen LogP contribution in [0.4, 0.5) is 0 Å². The third-order valence-corrected chi connectivity index (χ3v) is 3.52. The van der Waals surface area contributed by atoms with Crippen molar-refractivity contribution in [1.29, 1.82) is 0 Å². The second-order valence-electron chi connectivity index (χ2n) is 3.41. The van der Waals surface area contributed by atoms with E-state index >= 15 is 0 Å². The smallest absolute Gasteiger partial charge is 0.0794 e. The largest absolute Gasteiger partial charge is 0.271 e. The summed E-state index contributed by atoms with van der Waals surface area (Å²) in [4.78, 5) is 5.23. The van der Waals surface area contributed by atoms with E-state index in [1.807, 2.05) is 36.0 Å². The Balaban J connectivity index is 2.20. The van der Waals surface area contributed by atoms with Gasteiger partial charge in [0, 0.05) is 22.5 Å². The zero-order valence-electron chi connectivity index (χ0n) is 8.56. The molecule has 0 radical (unpaired) electrons. The number of hydrogen-bond acceptors (Lipinski definition) is 4. The molecule has 1 atom stereocenters. The van der Waals surface area contributed by atoms with E-state index in [-0.39, 0.29) is 6.04 Å². The Hall–Kier alpha value is -0.940. The summed E-state index contributed by atoms with van der Waals surface area (Å²) in [5.41, 5.74) is 5.62. The highest BCUT2D eigenvalue weighted by Gasteiger charge is 2.14. The number of rotatable bonds is 4. The molecule has 0 saturated carbocycles. The van der Waals surface area contributed by atoms with Crippen LogP contribution in [0.5, 0.6) is 0 Å². The summed E-state index contributed by atoms with van der Waals surface area (Å²) in [5.74, 6) is 5.57. The highest BCUT2D eigenvalue weighted by molar-refractivity contribution is 7.09. The van der Waals surface area contributed by atoms with Crippen molar-refractivity contribution >= 4 is 22.9 Å². The van der Waals surface area contributed by atoms with E-state index in [9.17, 15) is 0 Å². The van der Waals surface area contributed by atoms with Gasteiger partial charge < -0.3 is 0 Å². The summed E-state index contributed by atoms with van der Waals surface area (Å²) in [5, 5.41) is 0.731. The maximum atomic E-state index is 6.13. The van der Waals surface area contributed by atoms with Crippen LogP contribution in [0.1, 0.15) is 16.5 Å². The van der Waals surface area contributed by atoms with E-state index in [1.165, 1.54) is 4.88 Å². The Morgan fingerprint density at radius 3 is 2.88 bits per heavy atom. The molecule has 1 aromatic carbocycles. The molecule has 84 valence electrons. The van der Waals surface area contributed by atoms with Gasteiger partial charge in [0.2, 0.25) is 0 Å². The van der Waals surface area contributed by atoms with Crippen molar-refractivity contribution in [2.45, 2.75) is 12.5 Å². The highest BCUT2D eigenvalue weighted by Crippen LogP contribution is 2.25. The van der Waals surface area contributed by atoms with E-state index < -0.39 is 0 Å². The first-order valence-electron chi connectivity index (χ1n) is 4.89. The normalized spacial score (nSPS) is 12.6. The number of aromatic nitrogens is 1. The van der Waals surface area contributed by atoms with Gasteiger partial charge in [0.15, 0.2) is 0 Å². The van der Waals surface area contributed by atoms with Crippen molar-refractivity contribution in [1.82, 2.24) is 10.4 Å². The van der Waals surface area contributed by atoms with Gasteiger partial charge in [-0.1, -0.05) is 29.8 Å². The lowest BCUT2D eigenvalue weighted by Gasteiger charge is -2.16. The van der Waals surface area contributed by atoms with Gasteiger partial charge in [0.1, 0.15) is 0 Å². The molecule has 0 saturated heterocycles. The molecular weight excluding hydrogens is 242 g/mol. The van der Waals surface area contributed by atoms with Gasteiger partial charge in [-0.15, -0.1) is 11.3 Å². The molecule has 0 aliphatic rings. The van der Waals surface area contributed by atoms with Gasteiger partial charge >= 0.3 is 0 Å². The predicted molar refractivity (Wildman–Crippen MR) is 67.3 cm³/mol. The van der Waals surface area contributed by atoms with Gasteiger partial charge in [-0.25, -0.2) is 0 Å². The average molecular weight is 254 g/mol. The molecule has 2 aromatic rings. The average Bonchev–Trinajstić information content (AvgIpc) is 2.80. The van der Waals surface area contributed by atoms with Crippen LogP contribution in [0.15, 0.2) is 36.0 Å². The van der Waals surface area contributed by atoms with Crippen molar-refractivity contribution in [3.8, 4) is 0 Å². The summed E-state index contributed by atoms with van der Waals surface area (Å²) >= 11 is 7.75. The Kier molecular flexibility index (Phi) is 3.90. The molecule has 0 amide bonds. The topological polar surface area (TPSA) is 50.9 Å². The van der Waals surface area contributed by atoms with Gasteiger partial charge in [-0.2, -0.15) is 0 Å². The summed E-state index contributed by atoms with van der Waals surface area (Å²) in [6.45, 7) is 0. The van der Waals surface area contributed by atoms with Crippen LogP contribution in [-0.4, -0.2) is 4.98 Å². The van der Waals surface area contributed by atoms with E-state index in [4.69, 9.17) is 17.4 Å². The molecule has 1 unspecified atom stereocenters. The van der Waals surface area contributed by atoms with Crippen molar-refractivity contribution < 1.29 is 0 Å². The lowest BCUT2D eigenvalue weighted by Crippen LogP contribution is -2.29. The van der Waals surface area contributed by atoms with Crippen LogP contribution in [0.2, 0.25) is 5.02 Å². The van der Waals surface area contributed by atoms with Crippen LogP contribution < -0.4 is 11.3 Å². The van der Waals surface area contributed by atoms with E-state index in [1.54, 1.807) is 11.3 Å². The zero-order chi connectivity index (χ0) is 11.4. The van der Waals surface area contributed by atoms with Gasteiger partial charge in [0.25, 0.3) is 0 Å². The number of nitrogens with two attached hydrogens (primary N) is 1. The molecular formula is C11H12ClN3S. The molecule has 3 nitrogen and oxygen atoms in total. The first-order valence-corrected chi connectivity index (χ1v) is 6.15. The van der Waals surface area contributed by atoms with E-state index in [2.05, 4.69) is 10.4 Å². The molecule has 3 N–H and O–H groups in total. The maximum Gasteiger partial charge on any atom is 0.0794 e. The first-order chi connectivity index (χ1) is 7.81. The lowest BCUT2D eigenvalue weighted by molar-refractivity contribution is 0.555. The second-order valence-corrected chi connectivity index (χ2v) is 4.79. The molecule has 0 aliphatic heterocycles. The number of benzene rings is 1. The van der Waals surface area contributed by atoms with Gasteiger partial charge in [0.05, 0.1) is 11.6 Å². The predicted octanol–water partition coefficient (Wildman–Crippen LogP) is 2.54. The quantitative estimate of drug-likeness (QED) is 0.650. The van der Waals surface area contributed by atoms with E-state index in [0.717, 1.165) is 17.0 Å². The highest BCUT2D eigenvalue weighted by atomic mass is 35.5. The van der Waals surface area contributed by atoms with Gasteiger partial charge in [-0.3, -0.25) is 16.3 Å². The van der Waals surface area contributed by atoms with Crippen molar-refractivity contribution in [2.75, 3.05) is 0 Å². The molecule has 1 aromatic heterocycles. The monoisotopic (exact) mass is 253 g/mol.